The van der Waals surface area contributed by atoms with E-state index >= 15 is 0 Å². The molecule has 0 unspecified atom stereocenters. The molecule has 0 saturated heterocycles. The third-order valence-corrected chi connectivity index (χ3v) is 10.8. The molecule has 0 radical (unpaired) electrons. The zero-order valence-corrected chi connectivity index (χ0v) is 35.2. The highest BCUT2D eigenvalue weighted by atomic mass is 79.9. The van der Waals surface area contributed by atoms with Crippen molar-refractivity contribution >= 4 is 64.8 Å². The van der Waals surface area contributed by atoms with Gasteiger partial charge in [0.2, 0.25) is 11.8 Å². The maximum Gasteiger partial charge on any atom is 0.442 e. The van der Waals surface area contributed by atoms with E-state index in [2.05, 4.69) is 52.7 Å². The smallest absolute Gasteiger partial charge is 0.442 e. The molecule has 324 valence electrons. The van der Waals surface area contributed by atoms with Gasteiger partial charge in [0.05, 0.1) is 0 Å². The van der Waals surface area contributed by atoms with Crippen LogP contribution < -0.4 is 60.5 Å². The summed E-state index contributed by atoms with van der Waals surface area (Å²) in [6.45, 7) is 0. The number of hydrogen-bond acceptors (Lipinski definition) is 11. The van der Waals surface area contributed by atoms with Gasteiger partial charge in [-0.1, -0.05) is 68.3 Å². The minimum absolute atomic E-state index is 0. The van der Waals surface area contributed by atoms with Crippen molar-refractivity contribution in [3.05, 3.63) is 103 Å². The van der Waals surface area contributed by atoms with Crippen LogP contribution >= 0.6 is 47.1 Å². The minimum atomic E-state index is -6.47. The average Bonchev–Trinajstić information content (AvgIpc) is 3.86. The van der Waals surface area contributed by atoms with Crippen molar-refractivity contribution in [3.63, 3.8) is 0 Å². The number of hydrogen-bond donors (Lipinski definition) is 7. The zero-order valence-electron chi connectivity index (χ0n) is 30.3. The van der Waals surface area contributed by atoms with Crippen molar-refractivity contribution in [2.24, 2.45) is 16.0 Å². The molecule has 20 N–H and O–H groups in total. The molecule has 18 nitrogen and oxygen atoms in total. The predicted octanol–water partition coefficient (Wildman–Crippen LogP) is 4.38. The molecular formula is C29H36Br2F7N9O9P2. The van der Waals surface area contributed by atoms with Gasteiger partial charge < -0.3 is 69.7 Å². The summed E-state index contributed by atoms with van der Waals surface area (Å²) in [6.07, 6.45) is -6.18. The minimum Gasteiger partial charge on any atom is -0.806 e. The number of alkyl halides is 7. The van der Waals surface area contributed by atoms with Gasteiger partial charge in [0.15, 0.2) is 0 Å². The molecular weight excluding hydrogens is 973 g/mol. The summed E-state index contributed by atoms with van der Waals surface area (Å²) in [5, 5.41) is 10.6. The summed E-state index contributed by atoms with van der Waals surface area (Å²) in [6, 6.07) is 4.51. The van der Waals surface area contributed by atoms with Crippen molar-refractivity contribution in [3.8, 4) is 0 Å². The van der Waals surface area contributed by atoms with Gasteiger partial charge in [0.25, 0.3) is 17.2 Å². The van der Waals surface area contributed by atoms with E-state index in [1.165, 1.54) is 0 Å². The van der Waals surface area contributed by atoms with E-state index in [9.17, 15) is 73.8 Å². The molecule has 58 heavy (non-hydrogen) atoms. The number of nitrogens with one attached hydrogen (secondary N) is 2. The number of carbonyl (C=O) groups is 3. The van der Waals surface area contributed by atoms with Crippen LogP contribution in [0.15, 0.2) is 79.8 Å². The lowest BCUT2D eigenvalue weighted by molar-refractivity contribution is -0.336. The lowest BCUT2D eigenvalue weighted by atomic mass is 9.99. The molecule has 0 spiro atoms. The van der Waals surface area contributed by atoms with Crippen LogP contribution in [0.2, 0.25) is 0 Å². The summed E-state index contributed by atoms with van der Waals surface area (Å²) < 4.78 is 119. The maximum absolute atomic E-state index is 14.2. The van der Waals surface area contributed by atoms with E-state index in [0.717, 1.165) is 42.5 Å². The first-order valence-corrected chi connectivity index (χ1v) is 19.2. The highest BCUT2D eigenvalue weighted by Crippen LogP contribution is 2.55. The molecule has 0 aliphatic carbocycles. The number of carbonyl (C=O) groups excluding carboxylic acids is 3. The van der Waals surface area contributed by atoms with E-state index in [-0.39, 0.29) is 40.2 Å². The Morgan fingerprint density at radius 3 is 1.67 bits per heavy atom. The van der Waals surface area contributed by atoms with Crippen molar-refractivity contribution < 1.29 is 73.8 Å². The van der Waals surface area contributed by atoms with Crippen LogP contribution in [0.1, 0.15) is 38.2 Å². The Balaban J connectivity index is 0.00000812. The molecule has 3 aromatic rings. The Hall–Kier alpha value is -3.72. The lowest BCUT2D eigenvalue weighted by Gasteiger charge is -2.38. The van der Waals surface area contributed by atoms with Crippen LogP contribution in [0.3, 0.4) is 0 Å². The highest BCUT2D eigenvalue weighted by Gasteiger charge is 2.65. The summed E-state index contributed by atoms with van der Waals surface area (Å²) in [4.78, 5) is 83.7. The monoisotopic (exact) mass is 1010 g/mol. The van der Waals surface area contributed by atoms with Gasteiger partial charge >= 0.3 is 11.8 Å². The molecule has 1 heterocycles. The largest absolute Gasteiger partial charge is 0.806 e. The Kier molecular flexibility index (Phi) is 17.9. The number of rotatable bonds is 14. The standard InChI is InChI=1S/C29H24Br2F7N5O9P2.4H3N/c30-18-11-15(10-17(12-18)26(42-43-26)29(36,37)38)24(45)41-22(8-13-1-4-16(5-2-13)27(32,33)53(47,48)49)25(46)40-21(23(39)44)9-14-3-6-19(20(31)7-14)28(34,35)54(50,51)52;;;;/h1-7,10-12,21-22H,8-9H2,(H2,39,44)(H,40,46)(H,41,45)(H2,47,48,49)(H2,50,51,52);4*1H3/t21-,22-;;;;/m0..../s1. The normalized spacial score (nSPS) is 14.6. The first-order chi connectivity index (χ1) is 24.6. The van der Waals surface area contributed by atoms with Crippen molar-refractivity contribution in [2.75, 3.05) is 0 Å². The molecule has 2 atom stereocenters. The van der Waals surface area contributed by atoms with Crippen LogP contribution in [0.4, 0.5) is 30.7 Å². The third-order valence-electron chi connectivity index (χ3n) is 7.77. The SMILES string of the molecule is NC(=O)[C@H](Cc1ccc(C(F)(F)P(=O)([O-])[O-])c(Br)c1)NC(=O)[C@H](Cc1ccc(C(F)(F)P(=O)([O-])[O-])cc1)NC(=O)c1cc(Br)cc(C2(C(F)(F)F)N=N2)c1.[NH4+].[NH4+].[NH4+].[NH4+]. The average molecular weight is 1010 g/mol. The van der Waals surface area contributed by atoms with E-state index in [1.807, 2.05) is 0 Å². The fourth-order valence-corrected chi connectivity index (χ4v) is 7.14. The van der Waals surface area contributed by atoms with Crippen LogP contribution in [0.5, 0.6) is 0 Å². The van der Waals surface area contributed by atoms with Crippen molar-refractivity contribution in [1.82, 2.24) is 35.2 Å². The quantitative estimate of drug-likeness (QED) is 0.0889. The van der Waals surface area contributed by atoms with Gasteiger partial charge in [-0.05, 0) is 35.4 Å². The fraction of sp³-hybridized carbons (Fsp3) is 0.276. The summed E-state index contributed by atoms with van der Waals surface area (Å²) >= 11 is 5.71. The third kappa shape index (κ3) is 11.5. The van der Waals surface area contributed by atoms with E-state index in [1.54, 1.807) is 0 Å². The van der Waals surface area contributed by atoms with Crippen LogP contribution in [-0.2, 0) is 48.6 Å². The van der Waals surface area contributed by atoms with Crippen LogP contribution in [-0.4, -0.2) is 36.0 Å². The van der Waals surface area contributed by atoms with Gasteiger partial charge in [0, 0.05) is 59.2 Å². The van der Waals surface area contributed by atoms with E-state index in [0.29, 0.717) is 18.2 Å². The van der Waals surface area contributed by atoms with Crippen LogP contribution in [0.25, 0.3) is 0 Å². The first kappa shape index (κ1) is 54.3. The molecule has 1 aliphatic heterocycles. The number of amides is 3. The second-order valence-corrected chi connectivity index (χ2v) is 16.5. The summed E-state index contributed by atoms with van der Waals surface area (Å²) in [7, 11) is -12.9. The summed E-state index contributed by atoms with van der Waals surface area (Å²) in [5.74, 6) is -3.65. The number of halogens is 9. The van der Waals surface area contributed by atoms with Crippen molar-refractivity contribution in [1.29, 1.82) is 0 Å². The van der Waals surface area contributed by atoms with Gasteiger partial charge in [-0.25, -0.2) is 0 Å². The molecule has 4 rings (SSSR count). The Morgan fingerprint density at radius 1 is 0.724 bits per heavy atom. The highest BCUT2D eigenvalue weighted by molar-refractivity contribution is 9.10. The first-order valence-electron chi connectivity index (χ1n) is 14.5. The lowest BCUT2D eigenvalue weighted by Crippen LogP contribution is -2.54. The number of nitrogens with two attached hydrogens (primary N) is 1. The molecule has 0 bridgehead atoms. The van der Waals surface area contributed by atoms with Gasteiger partial charge in [-0.2, -0.15) is 30.7 Å². The Morgan fingerprint density at radius 2 is 1.22 bits per heavy atom. The maximum atomic E-state index is 14.2. The fourth-order valence-electron chi connectivity index (χ4n) is 4.86. The Labute approximate surface area is 339 Å². The van der Waals surface area contributed by atoms with E-state index in [4.69, 9.17) is 5.73 Å². The predicted molar refractivity (Wildman–Crippen MR) is 194 cm³/mol. The topological polar surface area (TPSA) is 398 Å². The second-order valence-electron chi connectivity index (χ2n) is 11.6. The second kappa shape index (κ2) is 19.1. The molecule has 1 aliphatic rings. The van der Waals surface area contributed by atoms with E-state index < -0.39 is 108 Å². The molecule has 3 aromatic carbocycles. The molecule has 0 saturated carbocycles. The number of nitrogens with zero attached hydrogens (tertiary/aromatic N) is 2. The molecule has 0 fully saturated rings. The van der Waals surface area contributed by atoms with Crippen molar-refractivity contribution in [2.45, 2.75) is 48.1 Å². The van der Waals surface area contributed by atoms with Gasteiger partial charge in [-0.3, -0.25) is 14.4 Å². The van der Waals surface area contributed by atoms with Crippen LogP contribution in [0, 0.1) is 0 Å². The molecule has 29 heteroatoms. The van der Waals surface area contributed by atoms with Gasteiger partial charge in [-0.15, -0.1) is 10.2 Å². The Bertz CT molecular complexity index is 2120. The number of benzene rings is 3. The van der Waals surface area contributed by atoms with Gasteiger partial charge in [0.1, 0.15) is 12.1 Å². The number of primary amides is 1. The summed E-state index contributed by atoms with van der Waals surface area (Å²) in [5.41, 5.74) is -10.8. The number of quaternary nitrogens is 4. The molecule has 3 amide bonds. The molecule has 0 aromatic heterocycles. The zero-order chi connectivity index (χ0) is 40.8.